The van der Waals surface area contributed by atoms with Gasteiger partial charge < -0.3 is 15.8 Å². The summed E-state index contributed by atoms with van der Waals surface area (Å²) in [5.74, 6) is 0.615. The lowest BCUT2D eigenvalue weighted by Gasteiger charge is -2.26. The number of ether oxygens (including phenoxy) is 1. The van der Waals surface area contributed by atoms with E-state index in [0.29, 0.717) is 0 Å². The molecule has 0 heterocycles. The van der Waals surface area contributed by atoms with Crippen LogP contribution >= 0.6 is 12.4 Å². The first-order valence-electron chi connectivity index (χ1n) is 8.22. The summed E-state index contributed by atoms with van der Waals surface area (Å²) in [6.07, 6.45) is 0.136. The number of nitrogens with two attached hydrogens (primary N) is 1. The largest absolute Gasteiger partial charge is 0.491 e. The molecule has 3 N–H and O–H groups in total. The van der Waals surface area contributed by atoms with E-state index in [-0.39, 0.29) is 30.5 Å². The molecule has 25 heavy (non-hydrogen) atoms. The predicted octanol–water partition coefficient (Wildman–Crippen LogP) is 3.95. The van der Waals surface area contributed by atoms with Crippen LogP contribution in [0.2, 0.25) is 0 Å². The van der Waals surface area contributed by atoms with E-state index in [1.54, 1.807) is 6.92 Å². The number of nitrogens with one attached hydrogen (secondary N) is 1. The molecule has 0 saturated heterocycles. The second-order valence-electron chi connectivity index (χ2n) is 6.50. The van der Waals surface area contributed by atoms with Crippen LogP contribution in [0, 0.1) is 0 Å². The quantitative estimate of drug-likeness (QED) is 0.817. The lowest BCUT2D eigenvalue weighted by Crippen LogP contribution is -2.49. The Kier molecular flexibility index (Phi) is 7.46. The molecule has 1 amide bonds. The van der Waals surface area contributed by atoms with Gasteiger partial charge in [-0.15, -0.1) is 12.4 Å². The van der Waals surface area contributed by atoms with E-state index < -0.39 is 5.54 Å². The summed E-state index contributed by atoms with van der Waals surface area (Å²) in [7, 11) is 0. The Morgan fingerprint density at radius 3 is 2.12 bits per heavy atom. The van der Waals surface area contributed by atoms with Crippen LogP contribution in [-0.2, 0) is 10.3 Å². The zero-order valence-electron chi connectivity index (χ0n) is 15.2. The predicted molar refractivity (Wildman–Crippen MR) is 104 cm³/mol. The fourth-order valence-corrected chi connectivity index (χ4v) is 2.45. The molecule has 0 saturated carbocycles. The van der Waals surface area contributed by atoms with Gasteiger partial charge in [0.15, 0.2) is 0 Å². The molecule has 0 spiro atoms. The van der Waals surface area contributed by atoms with Crippen LogP contribution in [0.5, 0.6) is 5.75 Å². The summed E-state index contributed by atoms with van der Waals surface area (Å²) >= 11 is 0. The average molecular weight is 363 g/mol. The Hall–Kier alpha value is -2.04. The maximum Gasteiger partial charge on any atom is 0.244 e. The van der Waals surface area contributed by atoms with E-state index in [4.69, 9.17) is 10.5 Å². The van der Waals surface area contributed by atoms with Gasteiger partial charge in [0, 0.05) is 0 Å². The Bertz CT molecular complexity index is 670. The molecule has 2 aromatic rings. The van der Waals surface area contributed by atoms with Gasteiger partial charge in [0.25, 0.3) is 0 Å². The van der Waals surface area contributed by atoms with Crippen LogP contribution in [0.4, 0.5) is 0 Å². The summed E-state index contributed by atoms with van der Waals surface area (Å²) in [5.41, 5.74) is 6.97. The summed E-state index contributed by atoms with van der Waals surface area (Å²) in [6.45, 7) is 7.64. The lowest BCUT2D eigenvalue weighted by atomic mass is 9.91. The number of amides is 1. The number of hydrogen-bond acceptors (Lipinski definition) is 3. The topological polar surface area (TPSA) is 64.3 Å². The number of rotatable bonds is 6. The normalized spacial score (nSPS) is 14.2. The molecule has 2 atom stereocenters. The second-order valence-corrected chi connectivity index (χ2v) is 6.50. The van der Waals surface area contributed by atoms with Crippen molar-refractivity contribution in [1.82, 2.24) is 5.32 Å². The van der Waals surface area contributed by atoms with Crippen LogP contribution in [-0.4, -0.2) is 12.0 Å². The molecule has 0 aromatic heterocycles. The van der Waals surface area contributed by atoms with Crippen LogP contribution in [0.15, 0.2) is 54.6 Å². The van der Waals surface area contributed by atoms with Gasteiger partial charge in [-0.3, -0.25) is 4.79 Å². The molecule has 4 nitrogen and oxygen atoms in total. The maximum atomic E-state index is 12.6. The van der Waals surface area contributed by atoms with Crippen LogP contribution in [0.1, 0.15) is 44.9 Å². The zero-order chi connectivity index (χ0) is 17.7. The van der Waals surface area contributed by atoms with Crippen molar-refractivity contribution < 1.29 is 9.53 Å². The molecule has 0 radical (unpaired) electrons. The minimum atomic E-state index is -1.07. The highest BCUT2D eigenvalue weighted by Gasteiger charge is 2.31. The molecular weight excluding hydrogens is 336 g/mol. The summed E-state index contributed by atoms with van der Waals surface area (Å²) in [5, 5.41) is 2.99. The van der Waals surface area contributed by atoms with Gasteiger partial charge in [0.05, 0.1) is 12.1 Å². The summed E-state index contributed by atoms with van der Waals surface area (Å²) in [6, 6.07) is 17.0. The van der Waals surface area contributed by atoms with Gasteiger partial charge in [-0.05, 0) is 51.0 Å². The smallest absolute Gasteiger partial charge is 0.244 e. The second kappa shape index (κ2) is 8.88. The Morgan fingerprint density at radius 2 is 1.60 bits per heavy atom. The van der Waals surface area contributed by atoms with E-state index in [1.165, 1.54) is 0 Å². The number of benzene rings is 2. The van der Waals surface area contributed by atoms with Crippen molar-refractivity contribution in [3.05, 3.63) is 65.7 Å². The Balaban J connectivity index is 0.00000312. The van der Waals surface area contributed by atoms with Crippen molar-refractivity contribution in [3.8, 4) is 5.75 Å². The number of carbonyl (C=O) groups excluding carboxylic acids is 1. The fourth-order valence-electron chi connectivity index (χ4n) is 2.45. The molecule has 2 rings (SSSR count). The van der Waals surface area contributed by atoms with Gasteiger partial charge in [-0.1, -0.05) is 42.5 Å². The van der Waals surface area contributed by atoms with E-state index in [2.05, 4.69) is 5.32 Å². The van der Waals surface area contributed by atoms with E-state index >= 15 is 0 Å². The van der Waals surface area contributed by atoms with Crippen LogP contribution in [0.25, 0.3) is 0 Å². The highest BCUT2D eigenvalue weighted by Crippen LogP contribution is 2.22. The summed E-state index contributed by atoms with van der Waals surface area (Å²) in [4.78, 5) is 12.6. The van der Waals surface area contributed by atoms with Gasteiger partial charge in [-0.25, -0.2) is 0 Å². The van der Waals surface area contributed by atoms with E-state index in [0.717, 1.165) is 16.9 Å². The van der Waals surface area contributed by atoms with Crippen molar-refractivity contribution in [1.29, 1.82) is 0 Å². The van der Waals surface area contributed by atoms with Crippen molar-refractivity contribution in [2.45, 2.75) is 45.4 Å². The minimum Gasteiger partial charge on any atom is -0.491 e. The molecule has 0 fully saturated rings. The number of carbonyl (C=O) groups is 1. The third-order valence-electron chi connectivity index (χ3n) is 3.94. The van der Waals surface area contributed by atoms with Gasteiger partial charge >= 0.3 is 0 Å². The van der Waals surface area contributed by atoms with Gasteiger partial charge in [0.2, 0.25) is 5.91 Å². The highest BCUT2D eigenvalue weighted by atomic mass is 35.5. The van der Waals surface area contributed by atoms with Gasteiger partial charge in [-0.2, -0.15) is 0 Å². The Labute approximate surface area is 156 Å². The van der Waals surface area contributed by atoms with Crippen molar-refractivity contribution in [3.63, 3.8) is 0 Å². The minimum absolute atomic E-state index is 0. The first-order valence-corrected chi connectivity index (χ1v) is 8.22. The average Bonchev–Trinajstić information content (AvgIpc) is 2.55. The van der Waals surface area contributed by atoms with Crippen molar-refractivity contribution in [2.24, 2.45) is 5.73 Å². The summed E-state index contributed by atoms with van der Waals surface area (Å²) < 4.78 is 5.63. The third kappa shape index (κ3) is 5.48. The lowest BCUT2D eigenvalue weighted by molar-refractivity contribution is -0.126. The molecule has 0 aliphatic rings. The van der Waals surface area contributed by atoms with Gasteiger partial charge in [0.1, 0.15) is 11.3 Å². The first kappa shape index (κ1) is 21.0. The molecule has 5 heteroatoms. The third-order valence-corrected chi connectivity index (χ3v) is 3.94. The fraction of sp³-hybridized carbons (Fsp3) is 0.350. The van der Waals surface area contributed by atoms with Crippen molar-refractivity contribution >= 4 is 18.3 Å². The number of halogens is 1. The maximum absolute atomic E-state index is 12.6. The monoisotopic (exact) mass is 362 g/mol. The standard InChI is InChI=1S/C20H26N2O2.ClH/c1-14(2)24-18-12-10-16(11-13-18)15(3)22-19(23)20(4,21)17-8-6-5-7-9-17;/h5-15H,21H2,1-4H3,(H,22,23);1H. The zero-order valence-corrected chi connectivity index (χ0v) is 16.0. The van der Waals surface area contributed by atoms with Crippen LogP contribution in [0.3, 0.4) is 0 Å². The van der Waals surface area contributed by atoms with E-state index in [9.17, 15) is 4.79 Å². The van der Waals surface area contributed by atoms with Crippen molar-refractivity contribution in [2.75, 3.05) is 0 Å². The SMILES string of the molecule is CC(C)Oc1ccc(C(C)NC(=O)C(C)(N)c2ccccc2)cc1.Cl. The molecule has 2 unspecified atom stereocenters. The molecule has 136 valence electrons. The Morgan fingerprint density at radius 1 is 1.04 bits per heavy atom. The molecule has 0 aliphatic carbocycles. The van der Waals surface area contributed by atoms with Crippen LogP contribution < -0.4 is 15.8 Å². The molecule has 0 bridgehead atoms. The van der Waals surface area contributed by atoms with E-state index in [1.807, 2.05) is 75.4 Å². The molecule has 2 aromatic carbocycles. The number of hydrogen-bond donors (Lipinski definition) is 2. The first-order chi connectivity index (χ1) is 11.3. The molecule has 0 aliphatic heterocycles. The highest BCUT2D eigenvalue weighted by molar-refractivity contribution is 5.87. The molecular formula is C20H27ClN2O2.